The standard InChI is InChI=1S/C20H18N2O2/c1-24-17-11-9-16(10-12-17)22-18(15-7-3-2-4-8-15)19(20(22)23)21-13-5-6-14-21/h2-14,18-19H,1H3/t18-,19+/m1/s1. The van der Waals surface area contributed by atoms with E-state index in [0.717, 1.165) is 17.0 Å². The molecule has 24 heavy (non-hydrogen) atoms. The van der Waals surface area contributed by atoms with E-state index >= 15 is 0 Å². The molecule has 0 spiro atoms. The van der Waals surface area contributed by atoms with Gasteiger partial charge in [0.1, 0.15) is 11.8 Å². The third kappa shape index (κ3) is 2.27. The zero-order valence-electron chi connectivity index (χ0n) is 13.4. The van der Waals surface area contributed by atoms with Crippen LogP contribution in [0.15, 0.2) is 79.1 Å². The van der Waals surface area contributed by atoms with Crippen LogP contribution in [0.1, 0.15) is 17.6 Å². The van der Waals surface area contributed by atoms with Crippen LogP contribution in [-0.4, -0.2) is 17.6 Å². The predicted molar refractivity (Wildman–Crippen MR) is 93.1 cm³/mol. The fourth-order valence-corrected chi connectivity index (χ4v) is 3.31. The first kappa shape index (κ1) is 14.6. The molecule has 3 aromatic rings. The van der Waals surface area contributed by atoms with Crippen LogP contribution in [0.25, 0.3) is 0 Å². The Morgan fingerprint density at radius 3 is 2.12 bits per heavy atom. The smallest absolute Gasteiger partial charge is 0.253 e. The Labute approximate surface area is 140 Å². The summed E-state index contributed by atoms with van der Waals surface area (Å²) < 4.78 is 7.20. The van der Waals surface area contributed by atoms with Gasteiger partial charge in [0.2, 0.25) is 0 Å². The maximum absolute atomic E-state index is 12.9. The molecule has 1 aromatic heterocycles. The number of β-lactam (4-membered cyclic amide) rings is 1. The highest BCUT2D eigenvalue weighted by molar-refractivity contribution is 6.04. The summed E-state index contributed by atoms with van der Waals surface area (Å²) in [6.07, 6.45) is 3.90. The third-order valence-electron chi connectivity index (χ3n) is 4.51. The van der Waals surface area contributed by atoms with Gasteiger partial charge in [0, 0.05) is 18.1 Å². The van der Waals surface area contributed by atoms with E-state index in [1.165, 1.54) is 0 Å². The van der Waals surface area contributed by atoms with Crippen molar-refractivity contribution in [2.45, 2.75) is 12.1 Å². The van der Waals surface area contributed by atoms with Gasteiger partial charge >= 0.3 is 0 Å². The number of methoxy groups -OCH3 is 1. The molecule has 0 unspecified atom stereocenters. The van der Waals surface area contributed by atoms with E-state index < -0.39 is 0 Å². The lowest BCUT2D eigenvalue weighted by Crippen LogP contribution is -2.55. The Kier molecular flexibility index (Phi) is 3.58. The quantitative estimate of drug-likeness (QED) is 0.685. The van der Waals surface area contributed by atoms with Crippen LogP contribution in [0.5, 0.6) is 5.75 Å². The first-order valence-electron chi connectivity index (χ1n) is 7.94. The van der Waals surface area contributed by atoms with Gasteiger partial charge in [-0.05, 0) is 42.0 Å². The minimum Gasteiger partial charge on any atom is -0.497 e. The predicted octanol–water partition coefficient (Wildman–Crippen LogP) is 3.83. The van der Waals surface area contributed by atoms with Crippen LogP contribution >= 0.6 is 0 Å². The number of rotatable bonds is 4. The Hall–Kier alpha value is -3.01. The monoisotopic (exact) mass is 318 g/mol. The van der Waals surface area contributed by atoms with E-state index in [0.29, 0.717) is 0 Å². The van der Waals surface area contributed by atoms with Gasteiger partial charge in [0.15, 0.2) is 0 Å². The van der Waals surface area contributed by atoms with Crippen molar-refractivity contribution in [3.8, 4) is 5.75 Å². The number of aromatic nitrogens is 1. The fraction of sp³-hybridized carbons (Fsp3) is 0.150. The summed E-state index contributed by atoms with van der Waals surface area (Å²) in [6.45, 7) is 0. The molecule has 1 aliphatic rings. The van der Waals surface area contributed by atoms with E-state index in [9.17, 15) is 4.79 Å². The number of carbonyl (C=O) groups excluding carboxylic acids is 1. The fourth-order valence-electron chi connectivity index (χ4n) is 3.31. The van der Waals surface area contributed by atoms with Crippen LogP contribution in [0.2, 0.25) is 0 Å². The first-order valence-corrected chi connectivity index (χ1v) is 7.94. The summed E-state index contributed by atoms with van der Waals surface area (Å²) in [5.74, 6) is 0.884. The van der Waals surface area contributed by atoms with Crippen LogP contribution in [0.4, 0.5) is 5.69 Å². The molecule has 2 atom stereocenters. The van der Waals surface area contributed by atoms with Crippen LogP contribution in [-0.2, 0) is 4.79 Å². The average molecular weight is 318 g/mol. The molecular weight excluding hydrogens is 300 g/mol. The van der Waals surface area contributed by atoms with Gasteiger partial charge in [-0.2, -0.15) is 0 Å². The number of amides is 1. The molecule has 1 amide bonds. The number of ether oxygens (including phenoxy) is 1. The highest BCUT2D eigenvalue weighted by Crippen LogP contribution is 2.46. The van der Waals surface area contributed by atoms with Gasteiger partial charge in [-0.15, -0.1) is 0 Å². The number of benzene rings is 2. The molecule has 0 saturated carbocycles. The Balaban J connectivity index is 1.74. The van der Waals surface area contributed by atoms with E-state index in [2.05, 4.69) is 12.1 Å². The molecule has 1 aliphatic heterocycles. The third-order valence-corrected chi connectivity index (χ3v) is 4.51. The topological polar surface area (TPSA) is 34.5 Å². The van der Waals surface area contributed by atoms with E-state index in [1.807, 2.05) is 76.5 Å². The van der Waals surface area contributed by atoms with Gasteiger partial charge in [-0.25, -0.2) is 0 Å². The molecule has 0 N–H and O–H groups in total. The van der Waals surface area contributed by atoms with Gasteiger partial charge in [-0.3, -0.25) is 4.79 Å². The summed E-state index contributed by atoms with van der Waals surface area (Å²) >= 11 is 0. The summed E-state index contributed by atoms with van der Waals surface area (Å²) in [7, 11) is 1.64. The molecule has 0 aliphatic carbocycles. The largest absolute Gasteiger partial charge is 0.497 e. The summed E-state index contributed by atoms with van der Waals surface area (Å²) in [5.41, 5.74) is 2.02. The maximum Gasteiger partial charge on any atom is 0.253 e. The number of hydrogen-bond acceptors (Lipinski definition) is 2. The molecule has 4 rings (SSSR count). The lowest BCUT2D eigenvalue weighted by molar-refractivity contribution is -0.129. The summed E-state index contributed by atoms with van der Waals surface area (Å²) in [5, 5.41) is 0. The summed E-state index contributed by atoms with van der Waals surface area (Å²) in [6, 6.07) is 21.5. The number of hydrogen-bond donors (Lipinski definition) is 0. The molecule has 1 fully saturated rings. The molecule has 4 nitrogen and oxygen atoms in total. The van der Waals surface area contributed by atoms with Gasteiger partial charge in [0.05, 0.1) is 13.2 Å². The molecular formula is C20H18N2O2. The van der Waals surface area contributed by atoms with Crippen molar-refractivity contribution >= 4 is 11.6 Å². The van der Waals surface area contributed by atoms with Crippen molar-refractivity contribution in [3.63, 3.8) is 0 Å². The number of nitrogens with zero attached hydrogens (tertiary/aromatic N) is 2. The molecule has 120 valence electrons. The Morgan fingerprint density at radius 1 is 0.833 bits per heavy atom. The van der Waals surface area contributed by atoms with Crippen LogP contribution in [0.3, 0.4) is 0 Å². The van der Waals surface area contributed by atoms with E-state index in [-0.39, 0.29) is 18.0 Å². The van der Waals surface area contributed by atoms with Gasteiger partial charge < -0.3 is 14.2 Å². The van der Waals surface area contributed by atoms with E-state index in [1.54, 1.807) is 7.11 Å². The second-order valence-electron chi connectivity index (χ2n) is 5.84. The minimum absolute atomic E-state index is 0.0144. The van der Waals surface area contributed by atoms with Crippen molar-refractivity contribution in [1.29, 1.82) is 0 Å². The molecule has 0 bridgehead atoms. The van der Waals surface area contributed by atoms with Crippen molar-refractivity contribution < 1.29 is 9.53 Å². The molecule has 2 heterocycles. The second-order valence-corrected chi connectivity index (χ2v) is 5.84. The van der Waals surface area contributed by atoms with Gasteiger partial charge in [-0.1, -0.05) is 30.3 Å². The minimum atomic E-state index is -0.204. The maximum atomic E-state index is 12.9. The Bertz CT molecular complexity index is 826. The summed E-state index contributed by atoms with van der Waals surface area (Å²) in [4.78, 5) is 14.7. The molecule has 4 heteroatoms. The van der Waals surface area contributed by atoms with Crippen molar-refractivity contribution in [2.75, 3.05) is 12.0 Å². The molecule has 0 radical (unpaired) electrons. The second kappa shape index (κ2) is 5.89. The van der Waals surface area contributed by atoms with Gasteiger partial charge in [0.25, 0.3) is 5.91 Å². The number of anilines is 1. The average Bonchev–Trinajstić information content (AvgIpc) is 3.15. The van der Waals surface area contributed by atoms with Crippen molar-refractivity contribution in [2.24, 2.45) is 0 Å². The SMILES string of the molecule is COc1ccc(N2C(=O)[C@@H](n3cccc3)[C@H]2c2ccccc2)cc1. The lowest BCUT2D eigenvalue weighted by atomic mass is 9.87. The molecule has 1 saturated heterocycles. The van der Waals surface area contributed by atoms with Crippen molar-refractivity contribution in [1.82, 2.24) is 4.57 Å². The first-order chi connectivity index (χ1) is 11.8. The highest BCUT2D eigenvalue weighted by Gasteiger charge is 2.49. The number of carbonyl (C=O) groups is 1. The zero-order chi connectivity index (χ0) is 16.5. The zero-order valence-corrected chi connectivity index (χ0v) is 13.4. The molecule has 2 aromatic carbocycles. The Morgan fingerprint density at radius 2 is 1.50 bits per heavy atom. The van der Waals surface area contributed by atoms with Crippen LogP contribution < -0.4 is 9.64 Å². The van der Waals surface area contributed by atoms with Crippen molar-refractivity contribution in [3.05, 3.63) is 84.7 Å². The van der Waals surface area contributed by atoms with E-state index in [4.69, 9.17) is 4.74 Å². The normalized spacial score (nSPS) is 19.9. The highest BCUT2D eigenvalue weighted by atomic mass is 16.5. The van der Waals surface area contributed by atoms with Crippen LogP contribution in [0, 0.1) is 0 Å². The lowest BCUT2D eigenvalue weighted by Gasteiger charge is -2.48.